The number of aryl methyl sites for hydroxylation is 2. The van der Waals surface area contributed by atoms with Gasteiger partial charge in [0.25, 0.3) is 0 Å². The van der Waals surface area contributed by atoms with Gasteiger partial charge < -0.3 is 9.64 Å². The monoisotopic (exact) mass is 312 g/mol. The van der Waals surface area contributed by atoms with Gasteiger partial charge in [0.1, 0.15) is 24.0 Å². The van der Waals surface area contributed by atoms with Gasteiger partial charge in [0.2, 0.25) is 5.91 Å². The summed E-state index contributed by atoms with van der Waals surface area (Å²) in [6, 6.07) is 8.20. The third-order valence-corrected chi connectivity index (χ3v) is 4.66. The Morgan fingerprint density at radius 1 is 1.26 bits per heavy atom. The van der Waals surface area contributed by atoms with Crippen LogP contribution < -0.4 is 4.74 Å². The lowest BCUT2D eigenvalue weighted by atomic mass is 9.94. The van der Waals surface area contributed by atoms with Crippen LogP contribution in [-0.2, 0) is 11.2 Å². The SMILES string of the molecule is Cc1nc(C)n(C2CN(C(=O)C3COc4ccccc4C3)C2)n1. The fourth-order valence-electron chi connectivity index (χ4n) is 3.42. The Kier molecular flexibility index (Phi) is 3.32. The molecular weight excluding hydrogens is 292 g/mol. The molecule has 6 heteroatoms. The minimum absolute atomic E-state index is 0.0792. The number of aromatic nitrogens is 3. The summed E-state index contributed by atoms with van der Waals surface area (Å²) in [6.07, 6.45) is 0.762. The topological polar surface area (TPSA) is 60.2 Å². The van der Waals surface area contributed by atoms with E-state index in [-0.39, 0.29) is 17.9 Å². The van der Waals surface area contributed by atoms with Crippen molar-refractivity contribution in [3.8, 4) is 5.75 Å². The minimum atomic E-state index is -0.0792. The molecule has 0 radical (unpaired) electrons. The van der Waals surface area contributed by atoms with Crippen LogP contribution in [0.2, 0.25) is 0 Å². The number of amides is 1. The molecule has 2 aliphatic heterocycles. The maximum Gasteiger partial charge on any atom is 0.229 e. The maximum absolute atomic E-state index is 12.7. The summed E-state index contributed by atoms with van der Waals surface area (Å²) in [5, 5.41) is 4.41. The number of hydrogen-bond donors (Lipinski definition) is 0. The zero-order valence-electron chi connectivity index (χ0n) is 13.4. The van der Waals surface area contributed by atoms with Crippen molar-refractivity contribution in [2.45, 2.75) is 26.3 Å². The van der Waals surface area contributed by atoms with E-state index < -0.39 is 0 Å². The minimum Gasteiger partial charge on any atom is -0.492 e. The summed E-state index contributed by atoms with van der Waals surface area (Å²) >= 11 is 0. The zero-order valence-corrected chi connectivity index (χ0v) is 13.4. The third-order valence-electron chi connectivity index (χ3n) is 4.66. The molecule has 6 nitrogen and oxygen atoms in total. The smallest absolute Gasteiger partial charge is 0.229 e. The average molecular weight is 312 g/mol. The fourth-order valence-corrected chi connectivity index (χ4v) is 3.42. The largest absolute Gasteiger partial charge is 0.492 e. The summed E-state index contributed by atoms with van der Waals surface area (Å²) in [6.45, 7) is 5.73. The van der Waals surface area contributed by atoms with Crippen molar-refractivity contribution >= 4 is 5.91 Å². The normalized spacial score (nSPS) is 20.6. The molecular formula is C17H20N4O2. The molecule has 1 aromatic heterocycles. The molecule has 0 spiro atoms. The molecule has 0 aliphatic carbocycles. The van der Waals surface area contributed by atoms with Gasteiger partial charge in [0, 0.05) is 13.1 Å². The van der Waals surface area contributed by atoms with Gasteiger partial charge >= 0.3 is 0 Å². The summed E-state index contributed by atoms with van der Waals surface area (Å²) in [5.74, 6) is 2.71. The molecule has 1 atom stereocenters. The van der Waals surface area contributed by atoms with Crippen molar-refractivity contribution in [1.29, 1.82) is 0 Å². The van der Waals surface area contributed by atoms with Crippen molar-refractivity contribution in [1.82, 2.24) is 19.7 Å². The summed E-state index contributed by atoms with van der Waals surface area (Å²) < 4.78 is 7.67. The van der Waals surface area contributed by atoms with Gasteiger partial charge in [-0.1, -0.05) is 18.2 Å². The second kappa shape index (κ2) is 5.37. The molecule has 120 valence electrons. The van der Waals surface area contributed by atoms with E-state index in [0.29, 0.717) is 19.7 Å². The van der Waals surface area contributed by atoms with Crippen molar-refractivity contribution in [3.05, 3.63) is 41.5 Å². The van der Waals surface area contributed by atoms with Crippen molar-refractivity contribution in [2.75, 3.05) is 19.7 Å². The van der Waals surface area contributed by atoms with Crippen molar-refractivity contribution < 1.29 is 9.53 Å². The van der Waals surface area contributed by atoms with Gasteiger partial charge in [-0.05, 0) is 31.9 Å². The molecule has 1 aromatic carbocycles. The first-order valence-corrected chi connectivity index (χ1v) is 8.01. The number of nitrogens with zero attached hydrogens (tertiary/aromatic N) is 4. The van der Waals surface area contributed by atoms with E-state index in [1.165, 1.54) is 0 Å². The number of benzene rings is 1. The molecule has 1 saturated heterocycles. The van der Waals surface area contributed by atoms with Crippen LogP contribution in [0.25, 0.3) is 0 Å². The average Bonchev–Trinajstić information content (AvgIpc) is 2.83. The van der Waals surface area contributed by atoms with Gasteiger partial charge in [0.05, 0.1) is 12.0 Å². The molecule has 2 aromatic rings. The van der Waals surface area contributed by atoms with E-state index >= 15 is 0 Å². The third kappa shape index (κ3) is 2.48. The number of likely N-dealkylation sites (tertiary alicyclic amines) is 1. The highest BCUT2D eigenvalue weighted by molar-refractivity contribution is 5.80. The Bertz CT molecular complexity index is 749. The predicted molar refractivity (Wildman–Crippen MR) is 84.2 cm³/mol. The molecule has 1 amide bonds. The number of fused-ring (bicyclic) bond motifs is 1. The van der Waals surface area contributed by atoms with Gasteiger partial charge in [-0.3, -0.25) is 4.79 Å². The van der Waals surface area contributed by atoms with E-state index in [1.807, 2.05) is 47.7 Å². The Morgan fingerprint density at radius 2 is 2.04 bits per heavy atom. The predicted octanol–water partition coefficient (Wildman–Crippen LogP) is 1.53. The molecule has 1 fully saturated rings. The molecule has 4 rings (SSSR count). The Labute approximate surface area is 135 Å². The molecule has 2 aliphatic rings. The lowest BCUT2D eigenvalue weighted by molar-refractivity contribution is -0.143. The van der Waals surface area contributed by atoms with E-state index in [1.54, 1.807) is 0 Å². The molecule has 3 heterocycles. The second-order valence-corrected chi connectivity index (χ2v) is 6.37. The summed E-state index contributed by atoms with van der Waals surface area (Å²) in [7, 11) is 0. The van der Waals surface area contributed by atoms with Crippen LogP contribution in [0.3, 0.4) is 0 Å². The zero-order chi connectivity index (χ0) is 16.0. The number of hydrogen-bond acceptors (Lipinski definition) is 4. The van der Waals surface area contributed by atoms with Crippen LogP contribution in [0.1, 0.15) is 23.3 Å². The Hall–Kier alpha value is -2.37. The lowest BCUT2D eigenvalue weighted by Crippen LogP contribution is -2.54. The van der Waals surface area contributed by atoms with Crippen LogP contribution in [0, 0.1) is 19.8 Å². The fraction of sp³-hybridized carbons (Fsp3) is 0.471. The first-order valence-electron chi connectivity index (χ1n) is 8.01. The van der Waals surface area contributed by atoms with E-state index in [2.05, 4.69) is 10.1 Å². The number of rotatable bonds is 2. The highest BCUT2D eigenvalue weighted by Crippen LogP contribution is 2.30. The van der Waals surface area contributed by atoms with Crippen molar-refractivity contribution in [3.63, 3.8) is 0 Å². The summed E-state index contributed by atoms with van der Waals surface area (Å²) in [5.41, 5.74) is 1.12. The van der Waals surface area contributed by atoms with E-state index in [4.69, 9.17) is 4.74 Å². The Balaban J connectivity index is 1.39. The van der Waals surface area contributed by atoms with Crippen LogP contribution >= 0.6 is 0 Å². The standard InChI is InChI=1S/C17H20N4O2/c1-11-18-12(2)21(19-11)15-8-20(9-15)17(22)14-7-13-5-3-4-6-16(13)23-10-14/h3-6,14-15H,7-10H2,1-2H3. The lowest BCUT2D eigenvalue weighted by Gasteiger charge is -2.41. The maximum atomic E-state index is 12.7. The molecule has 23 heavy (non-hydrogen) atoms. The highest BCUT2D eigenvalue weighted by atomic mass is 16.5. The molecule has 1 unspecified atom stereocenters. The first-order chi connectivity index (χ1) is 11.1. The van der Waals surface area contributed by atoms with Crippen LogP contribution in [0.4, 0.5) is 0 Å². The first kappa shape index (κ1) is 14.2. The van der Waals surface area contributed by atoms with Gasteiger partial charge in [-0.15, -0.1) is 0 Å². The second-order valence-electron chi connectivity index (χ2n) is 6.37. The number of carbonyl (C=O) groups excluding carboxylic acids is 1. The van der Waals surface area contributed by atoms with Gasteiger partial charge in [0.15, 0.2) is 0 Å². The van der Waals surface area contributed by atoms with E-state index in [0.717, 1.165) is 29.4 Å². The van der Waals surface area contributed by atoms with Crippen LogP contribution in [0.5, 0.6) is 5.75 Å². The number of carbonyl (C=O) groups is 1. The molecule has 0 N–H and O–H groups in total. The molecule has 0 saturated carbocycles. The van der Waals surface area contributed by atoms with Crippen LogP contribution in [0.15, 0.2) is 24.3 Å². The number of para-hydroxylation sites is 1. The quantitative estimate of drug-likeness (QED) is 0.844. The van der Waals surface area contributed by atoms with Gasteiger partial charge in [-0.25, -0.2) is 9.67 Å². The van der Waals surface area contributed by atoms with Crippen LogP contribution in [-0.4, -0.2) is 45.3 Å². The Morgan fingerprint density at radius 3 is 2.78 bits per heavy atom. The number of ether oxygens (including phenoxy) is 1. The summed E-state index contributed by atoms with van der Waals surface area (Å²) in [4.78, 5) is 18.9. The van der Waals surface area contributed by atoms with Crippen molar-refractivity contribution in [2.24, 2.45) is 5.92 Å². The van der Waals surface area contributed by atoms with E-state index in [9.17, 15) is 4.79 Å². The molecule has 0 bridgehead atoms. The highest BCUT2D eigenvalue weighted by Gasteiger charge is 2.38. The van der Waals surface area contributed by atoms with Gasteiger partial charge in [-0.2, -0.15) is 5.10 Å².